The SMILES string of the molecule is CC(C)CC(C(=O)OC(C)C(=O)Nc1cc([N+](=O)[O-])ccc1Cl)N1C(=O)c2ccccc2C1=O. The number of nitrogens with zero attached hydrogens (tertiary/aromatic N) is 2. The summed E-state index contributed by atoms with van der Waals surface area (Å²) in [6.07, 6.45) is -1.21. The van der Waals surface area contributed by atoms with Crippen LogP contribution in [0.25, 0.3) is 0 Å². The van der Waals surface area contributed by atoms with Crippen molar-refractivity contribution in [1.82, 2.24) is 4.90 Å². The number of non-ortho nitro benzene ring substituents is 1. The van der Waals surface area contributed by atoms with E-state index in [0.717, 1.165) is 11.0 Å². The second-order valence-corrected chi connectivity index (χ2v) is 8.57. The maximum atomic E-state index is 13.0. The zero-order valence-electron chi connectivity index (χ0n) is 18.6. The smallest absolute Gasteiger partial charge is 0.330 e. The molecular formula is C23H22ClN3O7. The van der Waals surface area contributed by atoms with Crippen LogP contribution in [0.15, 0.2) is 42.5 Å². The van der Waals surface area contributed by atoms with E-state index in [1.54, 1.807) is 12.1 Å². The highest BCUT2D eigenvalue weighted by atomic mass is 35.5. The number of carbonyl (C=O) groups excluding carboxylic acids is 4. The maximum absolute atomic E-state index is 13.0. The van der Waals surface area contributed by atoms with Crippen LogP contribution in [0.5, 0.6) is 0 Å². The molecule has 2 unspecified atom stereocenters. The number of fused-ring (bicyclic) bond motifs is 1. The monoisotopic (exact) mass is 487 g/mol. The quantitative estimate of drug-likeness (QED) is 0.258. The summed E-state index contributed by atoms with van der Waals surface area (Å²) >= 11 is 6.00. The van der Waals surface area contributed by atoms with Gasteiger partial charge < -0.3 is 10.1 Å². The fourth-order valence-electron chi connectivity index (χ4n) is 3.51. The van der Waals surface area contributed by atoms with E-state index in [9.17, 15) is 29.3 Å². The molecule has 0 aliphatic carbocycles. The normalized spacial score (nSPS) is 14.6. The van der Waals surface area contributed by atoms with Crippen LogP contribution in [0.1, 0.15) is 47.9 Å². The lowest BCUT2D eigenvalue weighted by Crippen LogP contribution is -2.48. The zero-order valence-corrected chi connectivity index (χ0v) is 19.4. The van der Waals surface area contributed by atoms with Gasteiger partial charge in [0.05, 0.1) is 26.8 Å². The number of hydrogen-bond donors (Lipinski definition) is 1. The van der Waals surface area contributed by atoms with Crippen LogP contribution < -0.4 is 5.32 Å². The van der Waals surface area contributed by atoms with E-state index in [1.807, 2.05) is 13.8 Å². The Bertz CT molecular complexity index is 1150. The number of carbonyl (C=O) groups is 4. The van der Waals surface area contributed by atoms with Gasteiger partial charge in [-0.25, -0.2) is 4.79 Å². The lowest BCUT2D eigenvalue weighted by Gasteiger charge is -2.27. The van der Waals surface area contributed by atoms with Gasteiger partial charge in [0, 0.05) is 12.1 Å². The highest BCUT2D eigenvalue weighted by Crippen LogP contribution is 2.29. The number of nitro benzene ring substituents is 1. The van der Waals surface area contributed by atoms with Gasteiger partial charge in [0.2, 0.25) is 0 Å². The van der Waals surface area contributed by atoms with E-state index in [2.05, 4.69) is 5.32 Å². The molecule has 11 heteroatoms. The largest absolute Gasteiger partial charge is 0.451 e. The Kier molecular flexibility index (Phi) is 7.31. The van der Waals surface area contributed by atoms with Gasteiger partial charge >= 0.3 is 5.97 Å². The molecule has 1 aliphatic rings. The highest BCUT2D eigenvalue weighted by molar-refractivity contribution is 6.33. The Morgan fingerprint density at radius 2 is 1.68 bits per heavy atom. The summed E-state index contributed by atoms with van der Waals surface area (Å²) in [5.74, 6) is -3.00. The maximum Gasteiger partial charge on any atom is 0.330 e. The number of esters is 1. The third kappa shape index (κ3) is 5.07. The summed E-state index contributed by atoms with van der Waals surface area (Å²) in [5, 5.41) is 13.4. The fraction of sp³-hybridized carbons (Fsp3) is 0.304. The van der Waals surface area contributed by atoms with Crippen LogP contribution in [0.4, 0.5) is 11.4 Å². The van der Waals surface area contributed by atoms with E-state index in [-0.39, 0.29) is 39.9 Å². The van der Waals surface area contributed by atoms with Gasteiger partial charge in [0.1, 0.15) is 6.04 Å². The second-order valence-electron chi connectivity index (χ2n) is 8.16. The van der Waals surface area contributed by atoms with Crippen molar-refractivity contribution in [1.29, 1.82) is 0 Å². The summed E-state index contributed by atoms with van der Waals surface area (Å²) in [5.41, 5.74) is 0.0788. The molecule has 2 aromatic carbocycles. The zero-order chi connectivity index (χ0) is 25.2. The number of amides is 3. The molecule has 10 nitrogen and oxygen atoms in total. The predicted octanol–water partition coefficient (Wildman–Crippen LogP) is 3.83. The molecule has 0 radical (unpaired) electrons. The van der Waals surface area contributed by atoms with Crippen molar-refractivity contribution >= 4 is 46.7 Å². The van der Waals surface area contributed by atoms with Crippen LogP contribution in [0.3, 0.4) is 0 Å². The van der Waals surface area contributed by atoms with Crippen LogP contribution in [0.2, 0.25) is 5.02 Å². The number of anilines is 1. The number of benzene rings is 2. The van der Waals surface area contributed by atoms with Crippen molar-refractivity contribution in [2.75, 3.05) is 5.32 Å². The minimum atomic E-state index is -1.34. The first-order valence-corrected chi connectivity index (χ1v) is 10.8. The second kappa shape index (κ2) is 10.0. The molecule has 0 bridgehead atoms. The molecule has 1 N–H and O–H groups in total. The van der Waals surface area contributed by atoms with Gasteiger partial charge in [-0.05, 0) is 37.5 Å². The Hall–Kier alpha value is -3.79. The molecule has 0 spiro atoms. The predicted molar refractivity (Wildman–Crippen MR) is 122 cm³/mol. The van der Waals surface area contributed by atoms with Crippen molar-refractivity contribution in [3.8, 4) is 0 Å². The Labute approximate surface area is 200 Å². The molecule has 0 fully saturated rings. The molecule has 1 aliphatic heterocycles. The van der Waals surface area contributed by atoms with E-state index >= 15 is 0 Å². The van der Waals surface area contributed by atoms with E-state index < -0.39 is 40.8 Å². The lowest BCUT2D eigenvalue weighted by molar-refractivity contribution is -0.384. The Morgan fingerprint density at radius 3 is 2.21 bits per heavy atom. The van der Waals surface area contributed by atoms with Crippen molar-refractivity contribution in [2.45, 2.75) is 39.3 Å². The van der Waals surface area contributed by atoms with Gasteiger partial charge in [-0.1, -0.05) is 37.6 Å². The summed E-state index contributed by atoms with van der Waals surface area (Å²) < 4.78 is 5.30. The van der Waals surface area contributed by atoms with Crippen LogP contribution in [-0.2, 0) is 14.3 Å². The molecule has 2 aromatic rings. The van der Waals surface area contributed by atoms with Crippen LogP contribution in [-0.4, -0.2) is 45.7 Å². The number of nitro groups is 1. The molecule has 3 rings (SSSR count). The van der Waals surface area contributed by atoms with Gasteiger partial charge in [0.25, 0.3) is 23.4 Å². The number of ether oxygens (including phenoxy) is 1. The third-order valence-electron chi connectivity index (χ3n) is 5.18. The average Bonchev–Trinajstić information content (AvgIpc) is 3.03. The number of imide groups is 1. The van der Waals surface area contributed by atoms with E-state index in [4.69, 9.17) is 16.3 Å². The molecule has 3 amide bonds. The molecule has 0 aromatic heterocycles. The van der Waals surface area contributed by atoms with Crippen molar-refractivity contribution in [2.24, 2.45) is 5.92 Å². The first kappa shape index (κ1) is 24.8. The van der Waals surface area contributed by atoms with E-state index in [1.165, 1.54) is 31.2 Å². The first-order chi connectivity index (χ1) is 16.0. The minimum absolute atomic E-state index is 0.0251. The molecule has 34 heavy (non-hydrogen) atoms. The molecule has 178 valence electrons. The average molecular weight is 488 g/mol. The Balaban J connectivity index is 1.77. The first-order valence-electron chi connectivity index (χ1n) is 10.4. The van der Waals surface area contributed by atoms with Crippen molar-refractivity contribution in [3.05, 3.63) is 68.7 Å². The minimum Gasteiger partial charge on any atom is -0.451 e. The van der Waals surface area contributed by atoms with E-state index in [0.29, 0.717) is 0 Å². The molecule has 2 atom stereocenters. The molecule has 0 saturated carbocycles. The lowest BCUT2D eigenvalue weighted by atomic mass is 10.0. The standard InChI is InChI=1S/C23H22ClN3O7/c1-12(2)10-19(26-21(29)15-6-4-5-7-16(15)22(26)30)23(31)34-13(3)20(28)25-18-11-14(27(32)33)8-9-17(18)24/h4-9,11-13,19H,10H2,1-3H3,(H,25,28). The summed E-state index contributed by atoms with van der Waals surface area (Å²) in [7, 11) is 0. The number of hydrogen-bond acceptors (Lipinski definition) is 7. The topological polar surface area (TPSA) is 136 Å². The van der Waals surface area contributed by atoms with Crippen molar-refractivity contribution < 1.29 is 28.8 Å². The molecular weight excluding hydrogens is 466 g/mol. The fourth-order valence-corrected chi connectivity index (χ4v) is 3.67. The number of nitrogens with one attached hydrogen (secondary N) is 1. The number of halogens is 1. The summed E-state index contributed by atoms with van der Waals surface area (Å²) in [4.78, 5) is 62.5. The van der Waals surface area contributed by atoms with Gasteiger partial charge in [0.15, 0.2) is 6.10 Å². The van der Waals surface area contributed by atoms with Crippen LogP contribution in [0, 0.1) is 16.0 Å². The summed E-state index contributed by atoms with van der Waals surface area (Å²) in [6.45, 7) is 4.94. The highest BCUT2D eigenvalue weighted by Gasteiger charge is 2.44. The van der Waals surface area contributed by atoms with Crippen molar-refractivity contribution in [3.63, 3.8) is 0 Å². The number of rotatable bonds is 8. The molecule has 1 heterocycles. The summed E-state index contributed by atoms with van der Waals surface area (Å²) in [6, 6.07) is 8.54. The Morgan fingerprint density at radius 1 is 1.09 bits per heavy atom. The third-order valence-corrected chi connectivity index (χ3v) is 5.51. The van der Waals surface area contributed by atoms with Crippen LogP contribution >= 0.6 is 11.6 Å². The molecule has 0 saturated heterocycles. The van der Waals surface area contributed by atoms with Gasteiger partial charge in [-0.15, -0.1) is 0 Å². The van der Waals surface area contributed by atoms with Gasteiger partial charge in [-0.3, -0.25) is 29.4 Å². The van der Waals surface area contributed by atoms with Gasteiger partial charge in [-0.2, -0.15) is 0 Å².